The van der Waals surface area contributed by atoms with Gasteiger partial charge in [0.2, 0.25) is 5.28 Å². The summed E-state index contributed by atoms with van der Waals surface area (Å²) in [5, 5.41) is 22.5. The summed E-state index contributed by atoms with van der Waals surface area (Å²) in [6.07, 6.45) is 6.31. The molecule has 21 heavy (non-hydrogen) atoms. The number of aromatic nitrogens is 4. The molecule has 0 radical (unpaired) electrons. The average Bonchev–Trinajstić information content (AvgIpc) is 2.92. The summed E-state index contributed by atoms with van der Waals surface area (Å²) in [6.45, 7) is 0. The van der Waals surface area contributed by atoms with Crippen molar-refractivity contribution in [2.24, 2.45) is 11.8 Å². The van der Waals surface area contributed by atoms with Crippen molar-refractivity contribution < 1.29 is 0 Å². The van der Waals surface area contributed by atoms with Crippen LogP contribution in [0, 0.1) is 34.5 Å². The first-order valence-electron chi connectivity index (χ1n) is 6.52. The monoisotopic (exact) mass is 298 g/mol. The van der Waals surface area contributed by atoms with Gasteiger partial charge in [-0.05, 0) is 30.0 Å². The summed E-state index contributed by atoms with van der Waals surface area (Å²) in [4.78, 5) is 7.98. The van der Waals surface area contributed by atoms with Crippen LogP contribution in [-0.2, 0) is 0 Å². The Kier molecular flexibility index (Phi) is 3.55. The molecule has 2 aromatic heterocycles. The van der Waals surface area contributed by atoms with Crippen molar-refractivity contribution in [3.8, 4) is 23.4 Å². The number of nitrogens with zero attached hydrogens (tertiary/aromatic N) is 6. The lowest BCUT2D eigenvalue weighted by molar-refractivity contribution is 0.114. The molecule has 3 atom stereocenters. The van der Waals surface area contributed by atoms with Gasteiger partial charge in [-0.2, -0.15) is 15.6 Å². The van der Waals surface area contributed by atoms with E-state index in [1.807, 2.05) is 6.20 Å². The molecule has 0 saturated heterocycles. The lowest BCUT2D eigenvalue weighted by Gasteiger charge is -2.39. The van der Waals surface area contributed by atoms with Crippen LogP contribution in [-0.4, -0.2) is 19.7 Å². The maximum atomic E-state index is 9.15. The van der Waals surface area contributed by atoms with Gasteiger partial charge in [-0.3, -0.25) is 4.68 Å². The van der Waals surface area contributed by atoms with E-state index in [9.17, 15) is 0 Å². The van der Waals surface area contributed by atoms with E-state index in [0.717, 1.165) is 12.0 Å². The average molecular weight is 299 g/mol. The Morgan fingerprint density at radius 1 is 1.43 bits per heavy atom. The lowest BCUT2D eigenvalue weighted by Crippen LogP contribution is -2.38. The molecule has 0 aliphatic heterocycles. The standard InChI is InChI=1S/C14H11ClN6/c15-14-18-4-2-12(20-14)11-7-19-21(8-11)13-9(1-3-16)5-10(13)6-17/h2,4,7-10,13H,1,5H2. The highest BCUT2D eigenvalue weighted by atomic mass is 35.5. The molecule has 1 fully saturated rings. The van der Waals surface area contributed by atoms with Crippen molar-refractivity contribution in [1.82, 2.24) is 19.7 Å². The van der Waals surface area contributed by atoms with Crippen molar-refractivity contribution in [3.05, 3.63) is 29.9 Å². The lowest BCUT2D eigenvalue weighted by atomic mass is 9.69. The first kappa shape index (κ1) is 13.5. The summed E-state index contributed by atoms with van der Waals surface area (Å²) < 4.78 is 1.77. The highest BCUT2D eigenvalue weighted by Crippen LogP contribution is 2.45. The van der Waals surface area contributed by atoms with E-state index < -0.39 is 0 Å². The molecule has 0 bridgehead atoms. The van der Waals surface area contributed by atoms with Crippen LogP contribution in [0.15, 0.2) is 24.7 Å². The summed E-state index contributed by atoms with van der Waals surface area (Å²) in [7, 11) is 0. The summed E-state index contributed by atoms with van der Waals surface area (Å²) >= 11 is 5.78. The van der Waals surface area contributed by atoms with E-state index in [1.165, 1.54) is 0 Å². The molecule has 3 rings (SSSR count). The van der Waals surface area contributed by atoms with Gasteiger partial charge in [0.15, 0.2) is 0 Å². The van der Waals surface area contributed by atoms with Crippen molar-refractivity contribution in [3.63, 3.8) is 0 Å². The van der Waals surface area contributed by atoms with Crippen LogP contribution in [0.2, 0.25) is 5.28 Å². The third-order valence-corrected chi connectivity index (χ3v) is 3.98. The molecule has 2 heterocycles. The number of rotatable bonds is 3. The second kappa shape index (κ2) is 5.51. The second-order valence-electron chi connectivity index (χ2n) is 5.00. The van der Waals surface area contributed by atoms with Crippen LogP contribution < -0.4 is 0 Å². The minimum atomic E-state index is -0.0925. The smallest absolute Gasteiger partial charge is 0.222 e. The zero-order valence-corrected chi connectivity index (χ0v) is 11.8. The van der Waals surface area contributed by atoms with E-state index >= 15 is 0 Å². The highest BCUT2D eigenvalue weighted by Gasteiger charge is 2.42. The van der Waals surface area contributed by atoms with Crippen LogP contribution in [0.4, 0.5) is 0 Å². The minimum absolute atomic E-state index is 0.0410. The van der Waals surface area contributed by atoms with E-state index in [-0.39, 0.29) is 23.2 Å². The van der Waals surface area contributed by atoms with Crippen molar-refractivity contribution in [2.75, 3.05) is 0 Å². The molecule has 0 amide bonds. The number of hydrogen-bond acceptors (Lipinski definition) is 5. The largest absolute Gasteiger partial charge is 0.267 e. The van der Waals surface area contributed by atoms with Crippen LogP contribution in [0.1, 0.15) is 18.9 Å². The molecular weight excluding hydrogens is 288 g/mol. The summed E-state index contributed by atoms with van der Waals surface area (Å²) in [6, 6.07) is 6.16. The van der Waals surface area contributed by atoms with E-state index in [1.54, 1.807) is 23.1 Å². The molecule has 1 aliphatic rings. The molecule has 6 nitrogen and oxygen atoms in total. The molecule has 7 heteroatoms. The maximum absolute atomic E-state index is 9.15. The van der Waals surface area contributed by atoms with E-state index in [2.05, 4.69) is 27.2 Å². The summed E-state index contributed by atoms with van der Waals surface area (Å²) in [5.74, 6) is 0.0893. The highest BCUT2D eigenvalue weighted by molar-refractivity contribution is 6.28. The maximum Gasteiger partial charge on any atom is 0.222 e. The Balaban J connectivity index is 1.88. The minimum Gasteiger partial charge on any atom is -0.267 e. The van der Waals surface area contributed by atoms with Crippen LogP contribution in [0.3, 0.4) is 0 Å². The van der Waals surface area contributed by atoms with Gasteiger partial charge in [0.1, 0.15) is 0 Å². The van der Waals surface area contributed by atoms with Crippen LogP contribution in [0.5, 0.6) is 0 Å². The number of nitriles is 2. The van der Waals surface area contributed by atoms with Crippen molar-refractivity contribution in [1.29, 1.82) is 10.5 Å². The van der Waals surface area contributed by atoms with Gasteiger partial charge < -0.3 is 0 Å². The molecule has 104 valence electrons. The molecule has 0 spiro atoms. The van der Waals surface area contributed by atoms with Gasteiger partial charge >= 0.3 is 0 Å². The third-order valence-electron chi connectivity index (χ3n) is 3.80. The predicted molar refractivity (Wildman–Crippen MR) is 74.7 cm³/mol. The Morgan fingerprint density at radius 3 is 3.00 bits per heavy atom. The van der Waals surface area contributed by atoms with Crippen LogP contribution >= 0.6 is 11.6 Å². The fourth-order valence-corrected chi connectivity index (χ4v) is 2.86. The van der Waals surface area contributed by atoms with E-state index in [4.69, 9.17) is 22.1 Å². The zero-order valence-electron chi connectivity index (χ0n) is 11.0. The van der Waals surface area contributed by atoms with Gasteiger partial charge in [0, 0.05) is 24.4 Å². The molecule has 1 saturated carbocycles. The first-order valence-corrected chi connectivity index (χ1v) is 6.90. The fraction of sp³-hybridized carbons (Fsp3) is 0.357. The third kappa shape index (κ3) is 2.46. The Labute approximate surface area is 126 Å². The van der Waals surface area contributed by atoms with Gasteiger partial charge in [-0.25, -0.2) is 9.97 Å². The van der Waals surface area contributed by atoms with Gasteiger partial charge in [0.25, 0.3) is 0 Å². The molecule has 3 unspecified atom stereocenters. The fourth-order valence-electron chi connectivity index (χ4n) is 2.72. The predicted octanol–water partition coefficient (Wildman–Crippen LogP) is 2.61. The SMILES string of the molecule is N#CCC1CC(C#N)C1n1cc(-c2ccnc(Cl)n2)cn1. The van der Waals surface area contributed by atoms with Crippen molar-refractivity contribution in [2.45, 2.75) is 18.9 Å². The zero-order chi connectivity index (χ0) is 14.8. The summed E-state index contributed by atoms with van der Waals surface area (Å²) in [5.41, 5.74) is 1.50. The molecule has 2 aromatic rings. The molecule has 0 N–H and O–H groups in total. The number of hydrogen-bond donors (Lipinski definition) is 0. The number of halogens is 1. The first-order chi connectivity index (χ1) is 10.2. The van der Waals surface area contributed by atoms with Crippen LogP contribution in [0.25, 0.3) is 11.3 Å². The second-order valence-corrected chi connectivity index (χ2v) is 5.34. The Hall–Kier alpha value is -2.44. The molecule has 0 aromatic carbocycles. The Bertz CT molecular complexity index is 740. The normalized spacial score (nSPS) is 23.9. The Morgan fingerprint density at radius 2 is 2.29 bits per heavy atom. The molecule has 1 aliphatic carbocycles. The van der Waals surface area contributed by atoms with E-state index in [0.29, 0.717) is 12.1 Å². The van der Waals surface area contributed by atoms with Crippen molar-refractivity contribution >= 4 is 11.6 Å². The van der Waals surface area contributed by atoms with Gasteiger partial charge in [-0.1, -0.05) is 0 Å². The molecular formula is C14H11ClN6. The van der Waals surface area contributed by atoms with Gasteiger partial charge in [0.05, 0.1) is 36.0 Å². The quantitative estimate of drug-likeness (QED) is 0.812. The van der Waals surface area contributed by atoms with Gasteiger partial charge in [-0.15, -0.1) is 0 Å². The topological polar surface area (TPSA) is 91.2 Å².